The Bertz CT molecular complexity index is 383. The summed E-state index contributed by atoms with van der Waals surface area (Å²) in [5.74, 6) is 2.34. The zero-order valence-electron chi connectivity index (χ0n) is 10.0. The third-order valence-electron chi connectivity index (χ3n) is 2.82. The van der Waals surface area contributed by atoms with Crippen LogP contribution in [0.3, 0.4) is 0 Å². The topological polar surface area (TPSA) is 26.3 Å². The predicted molar refractivity (Wildman–Crippen MR) is 63.4 cm³/mol. The molecule has 1 radical (unpaired) electrons. The smallest absolute Gasteiger partial charge is 0.308 e. The van der Waals surface area contributed by atoms with Gasteiger partial charge < -0.3 is 4.74 Å². The van der Waals surface area contributed by atoms with E-state index in [0.29, 0.717) is 11.7 Å². The standard InChI is InChI=1S/C14H17O2/c1-9(2)12-6-13(11-4-5-11)8-14(7-12)16-10(3)15/h6-8,11H,4-5H2,1-3H3. The SMILES string of the molecule is C[C](C)c1cc(OC(C)=O)cc(C2CC2)c1. The first-order valence-electron chi connectivity index (χ1n) is 5.70. The van der Waals surface area contributed by atoms with E-state index in [2.05, 4.69) is 19.9 Å². The van der Waals surface area contributed by atoms with E-state index in [9.17, 15) is 4.79 Å². The van der Waals surface area contributed by atoms with E-state index in [-0.39, 0.29) is 5.97 Å². The molecule has 0 heterocycles. The van der Waals surface area contributed by atoms with E-state index in [4.69, 9.17) is 4.74 Å². The maximum atomic E-state index is 11.0. The van der Waals surface area contributed by atoms with E-state index < -0.39 is 0 Å². The summed E-state index contributed by atoms with van der Waals surface area (Å²) in [6, 6.07) is 6.13. The van der Waals surface area contributed by atoms with Crippen LogP contribution in [0, 0.1) is 5.92 Å². The lowest BCUT2D eigenvalue weighted by molar-refractivity contribution is -0.131. The lowest BCUT2D eigenvalue weighted by Crippen LogP contribution is -2.03. The molecule has 85 valence electrons. The molecule has 0 N–H and O–H groups in total. The fraction of sp³-hybridized carbons (Fsp3) is 0.429. The zero-order chi connectivity index (χ0) is 11.7. The lowest BCUT2D eigenvalue weighted by atomic mass is 9.98. The molecular weight excluding hydrogens is 200 g/mol. The van der Waals surface area contributed by atoms with Crippen molar-refractivity contribution < 1.29 is 9.53 Å². The van der Waals surface area contributed by atoms with E-state index in [1.807, 2.05) is 12.1 Å². The third kappa shape index (κ3) is 2.63. The van der Waals surface area contributed by atoms with Crippen LogP contribution in [-0.2, 0) is 4.79 Å². The molecule has 1 aromatic rings. The summed E-state index contributed by atoms with van der Waals surface area (Å²) in [5, 5.41) is 0. The van der Waals surface area contributed by atoms with Gasteiger partial charge in [-0.05, 0) is 47.9 Å². The number of carbonyl (C=O) groups excluding carboxylic acids is 1. The van der Waals surface area contributed by atoms with Gasteiger partial charge in [-0.3, -0.25) is 4.79 Å². The fourth-order valence-corrected chi connectivity index (χ4v) is 1.79. The van der Waals surface area contributed by atoms with Crippen molar-refractivity contribution in [2.75, 3.05) is 0 Å². The largest absolute Gasteiger partial charge is 0.427 e. The molecule has 0 aromatic heterocycles. The summed E-state index contributed by atoms with van der Waals surface area (Å²) in [6.07, 6.45) is 2.51. The number of rotatable bonds is 3. The summed E-state index contributed by atoms with van der Waals surface area (Å²) in [4.78, 5) is 11.0. The number of esters is 1. The highest BCUT2D eigenvalue weighted by molar-refractivity contribution is 5.69. The molecule has 1 aliphatic rings. The normalized spacial score (nSPS) is 15.2. The van der Waals surface area contributed by atoms with E-state index in [0.717, 1.165) is 0 Å². The average Bonchev–Trinajstić information content (AvgIpc) is 2.98. The number of hydrogen-bond acceptors (Lipinski definition) is 2. The third-order valence-corrected chi connectivity index (χ3v) is 2.82. The highest BCUT2D eigenvalue weighted by Crippen LogP contribution is 2.42. The molecule has 0 bridgehead atoms. The van der Waals surface area contributed by atoms with E-state index in [1.165, 1.54) is 36.8 Å². The molecule has 2 heteroatoms. The minimum absolute atomic E-state index is 0.257. The molecule has 1 aliphatic carbocycles. The van der Waals surface area contributed by atoms with Crippen LogP contribution in [0.25, 0.3) is 0 Å². The first kappa shape index (κ1) is 11.2. The van der Waals surface area contributed by atoms with Crippen molar-refractivity contribution in [2.45, 2.75) is 39.5 Å². The van der Waals surface area contributed by atoms with Crippen LogP contribution < -0.4 is 4.74 Å². The van der Waals surface area contributed by atoms with Crippen molar-refractivity contribution in [3.63, 3.8) is 0 Å². The van der Waals surface area contributed by atoms with Gasteiger partial charge in [-0.25, -0.2) is 0 Å². The Labute approximate surface area is 96.6 Å². The van der Waals surface area contributed by atoms with Crippen molar-refractivity contribution in [1.29, 1.82) is 0 Å². The van der Waals surface area contributed by atoms with Crippen molar-refractivity contribution >= 4 is 5.97 Å². The molecule has 0 amide bonds. The van der Waals surface area contributed by atoms with E-state index >= 15 is 0 Å². The Balaban J connectivity index is 2.32. The minimum atomic E-state index is -0.257. The molecule has 2 nitrogen and oxygen atoms in total. The summed E-state index contributed by atoms with van der Waals surface area (Å²) in [6.45, 7) is 5.58. The number of ether oxygens (including phenoxy) is 1. The van der Waals surface area contributed by atoms with Crippen LogP contribution in [0.4, 0.5) is 0 Å². The van der Waals surface area contributed by atoms with Gasteiger partial charge in [0, 0.05) is 6.92 Å². The van der Waals surface area contributed by atoms with E-state index in [1.54, 1.807) is 0 Å². The number of hydrogen-bond donors (Lipinski definition) is 0. The molecule has 1 saturated carbocycles. The molecule has 0 atom stereocenters. The first-order valence-corrected chi connectivity index (χ1v) is 5.70. The summed E-state index contributed by atoms with van der Waals surface area (Å²) >= 11 is 0. The van der Waals surface area contributed by atoms with Gasteiger partial charge in [-0.2, -0.15) is 0 Å². The quantitative estimate of drug-likeness (QED) is 0.572. The second-order valence-electron chi connectivity index (χ2n) is 4.66. The van der Waals surface area contributed by atoms with Gasteiger partial charge in [0.1, 0.15) is 5.75 Å². The van der Waals surface area contributed by atoms with Gasteiger partial charge in [-0.15, -0.1) is 0 Å². The maximum Gasteiger partial charge on any atom is 0.308 e. The molecule has 0 unspecified atom stereocenters. The number of benzene rings is 1. The highest BCUT2D eigenvalue weighted by Gasteiger charge is 2.24. The van der Waals surface area contributed by atoms with Gasteiger partial charge in [-0.1, -0.05) is 19.9 Å². The van der Waals surface area contributed by atoms with Gasteiger partial charge >= 0.3 is 5.97 Å². The lowest BCUT2D eigenvalue weighted by Gasteiger charge is -2.11. The Morgan fingerprint density at radius 2 is 1.88 bits per heavy atom. The average molecular weight is 217 g/mol. The van der Waals surface area contributed by atoms with Crippen LogP contribution in [0.5, 0.6) is 5.75 Å². The first-order chi connectivity index (χ1) is 7.56. The van der Waals surface area contributed by atoms with Crippen LogP contribution in [0.2, 0.25) is 0 Å². The molecule has 1 aromatic carbocycles. The molecule has 0 aliphatic heterocycles. The molecular formula is C14H17O2. The van der Waals surface area contributed by atoms with Crippen LogP contribution in [0.1, 0.15) is 50.7 Å². The van der Waals surface area contributed by atoms with Gasteiger partial charge in [0.25, 0.3) is 0 Å². The highest BCUT2D eigenvalue weighted by atomic mass is 16.5. The second kappa shape index (κ2) is 4.28. The van der Waals surface area contributed by atoms with Crippen molar-refractivity contribution in [2.24, 2.45) is 0 Å². The van der Waals surface area contributed by atoms with Gasteiger partial charge in [0.2, 0.25) is 0 Å². The maximum absolute atomic E-state index is 11.0. The molecule has 0 saturated heterocycles. The molecule has 1 fully saturated rings. The Kier molecular flexibility index (Phi) is 2.99. The van der Waals surface area contributed by atoms with Crippen LogP contribution in [-0.4, -0.2) is 5.97 Å². The Morgan fingerprint density at radius 1 is 1.19 bits per heavy atom. The zero-order valence-corrected chi connectivity index (χ0v) is 10.0. The van der Waals surface area contributed by atoms with Crippen molar-refractivity contribution in [3.8, 4) is 5.75 Å². The summed E-state index contributed by atoms with van der Waals surface area (Å²) in [7, 11) is 0. The molecule has 16 heavy (non-hydrogen) atoms. The Hall–Kier alpha value is -1.31. The second-order valence-corrected chi connectivity index (χ2v) is 4.66. The van der Waals surface area contributed by atoms with Gasteiger partial charge in [0.05, 0.1) is 0 Å². The van der Waals surface area contributed by atoms with Crippen molar-refractivity contribution in [1.82, 2.24) is 0 Å². The minimum Gasteiger partial charge on any atom is -0.427 e. The molecule has 0 spiro atoms. The van der Waals surface area contributed by atoms with Crippen LogP contribution >= 0.6 is 0 Å². The van der Waals surface area contributed by atoms with Gasteiger partial charge in [0.15, 0.2) is 0 Å². The predicted octanol–water partition coefficient (Wildman–Crippen LogP) is 3.45. The van der Waals surface area contributed by atoms with Crippen LogP contribution in [0.15, 0.2) is 18.2 Å². The summed E-state index contributed by atoms with van der Waals surface area (Å²) < 4.78 is 5.17. The van der Waals surface area contributed by atoms with Crippen molar-refractivity contribution in [3.05, 3.63) is 35.2 Å². The fourth-order valence-electron chi connectivity index (χ4n) is 1.79. The Morgan fingerprint density at radius 3 is 2.38 bits per heavy atom. The molecule has 2 rings (SSSR count). The monoisotopic (exact) mass is 217 g/mol. The summed E-state index contributed by atoms with van der Waals surface area (Å²) in [5.41, 5.74) is 2.47. The number of carbonyl (C=O) groups is 1.